The van der Waals surface area contributed by atoms with Gasteiger partial charge in [0.2, 0.25) is 9.84 Å². The van der Waals surface area contributed by atoms with Crippen LogP contribution in [0.15, 0.2) is 28.0 Å². The van der Waals surface area contributed by atoms with E-state index in [0.29, 0.717) is 22.3 Å². The van der Waals surface area contributed by atoms with Crippen molar-refractivity contribution >= 4 is 9.84 Å². The quantitative estimate of drug-likeness (QED) is 0.888. The van der Waals surface area contributed by atoms with Crippen molar-refractivity contribution in [3.8, 4) is 11.5 Å². The van der Waals surface area contributed by atoms with Gasteiger partial charge in [-0.1, -0.05) is 6.07 Å². The van der Waals surface area contributed by atoms with Crippen LogP contribution in [0.1, 0.15) is 27.8 Å². The van der Waals surface area contributed by atoms with Gasteiger partial charge in [-0.05, 0) is 69.0 Å². The SMILES string of the molecule is Cc1ccc(S(=O)(=O)c2cc(O)c(C)c(C)c2C)c(C)c1O. The zero-order valence-corrected chi connectivity index (χ0v) is 14.2. The lowest BCUT2D eigenvalue weighted by Crippen LogP contribution is -2.08. The van der Waals surface area contributed by atoms with Gasteiger partial charge >= 0.3 is 0 Å². The number of aryl methyl sites for hydroxylation is 1. The number of benzene rings is 2. The third kappa shape index (κ3) is 2.35. The summed E-state index contributed by atoms with van der Waals surface area (Å²) in [5, 5.41) is 20.0. The van der Waals surface area contributed by atoms with E-state index in [1.54, 1.807) is 40.7 Å². The molecule has 0 spiro atoms. The molecule has 118 valence electrons. The fourth-order valence-electron chi connectivity index (χ4n) is 2.50. The normalized spacial score (nSPS) is 11.7. The lowest BCUT2D eigenvalue weighted by molar-refractivity contribution is 0.464. The average molecular weight is 320 g/mol. The highest BCUT2D eigenvalue weighted by Gasteiger charge is 2.26. The largest absolute Gasteiger partial charge is 0.508 e. The molecule has 0 fully saturated rings. The molecule has 4 nitrogen and oxygen atoms in total. The van der Waals surface area contributed by atoms with Crippen molar-refractivity contribution in [3.05, 3.63) is 46.0 Å². The highest BCUT2D eigenvalue weighted by Crippen LogP contribution is 2.36. The Balaban J connectivity index is 2.80. The maximum Gasteiger partial charge on any atom is 0.207 e. The summed E-state index contributed by atoms with van der Waals surface area (Å²) >= 11 is 0. The molecule has 0 atom stereocenters. The Morgan fingerprint density at radius 1 is 0.773 bits per heavy atom. The smallest absolute Gasteiger partial charge is 0.207 e. The molecule has 0 bridgehead atoms. The summed E-state index contributed by atoms with van der Waals surface area (Å²) in [5.74, 6) is -0.0672. The van der Waals surface area contributed by atoms with Gasteiger partial charge < -0.3 is 10.2 Å². The Kier molecular flexibility index (Phi) is 3.96. The second-order valence-electron chi connectivity index (χ2n) is 5.63. The summed E-state index contributed by atoms with van der Waals surface area (Å²) in [5.41, 5.74) is 2.95. The topological polar surface area (TPSA) is 74.6 Å². The molecule has 0 saturated heterocycles. The Labute approximate surface area is 131 Å². The van der Waals surface area contributed by atoms with Gasteiger partial charge in [0.15, 0.2) is 0 Å². The molecule has 2 rings (SSSR count). The van der Waals surface area contributed by atoms with Gasteiger partial charge in [0.1, 0.15) is 11.5 Å². The van der Waals surface area contributed by atoms with Gasteiger partial charge in [-0.2, -0.15) is 0 Å². The predicted molar refractivity (Wildman–Crippen MR) is 85.4 cm³/mol. The first-order chi connectivity index (χ1) is 10.1. The van der Waals surface area contributed by atoms with Crippen molar-refractivity contribution in [3.63, 3.8) is 0 Å². The summed E-state index contributed by atoms with van der Waals surface area (Å²) in [6.07, 6.45) is 0. The zero-order valence-electron chi connectivity index (χ0n) is 13.4. The van der Waals surface area contributed by atoms with Crippen LogP contribution in [0.5, 0.6) is 11.5 Å². The van der Waals surface area contributed by atoms with Crippen molar-refractivity contribution in [1.29, 1.82) is 0 Å². The van der Waals surface area contributed by atoms with Crippen LogP contribution in [-0.4, -0.2) is 18.6 Å². The molecular weight excluding hydrogens is 300 g/mol. The van der Waals surface area contributed by atoms with Crippen molar-refractivity contribution < 1.29 is 18.6 Å². The highest BCUT2D eigenvalue weighted by atomic mass is 32.2. The van der Waals surface area contributed by atoms with Gasteiger partial charge in [-0.25, -0.2) is 8.42 Å². The van der Waals surface area contributed by atoms with E-state index in [9.17, 15) is 18.6 Å². The second kappa shape index (κ2) is 5.32. The first-order valence-electron chi connectivity index (χ1n) is 6.93. The van der Waals surface area contributed by atoms with Crippen molar-refractivity contribution in [1.82, 2.24) is 0 Å². The number of hydrogen-bond donors (Lipinski definition) is 2. The molecule has 0 unspecified atom stereocenters. The summed E-state index contributed by atoms with van der Waals surface area (Å²) < 4.78 is 25.9. The average Bonchev–Trinajstić information content (AvgIpc) is 2.46. The molecule has 0 radical (unpaired) electrons. The van der Waals surface area contributed by atoms with Crippen LogP contribution >= 0.6 is 0 Å². The maximum absolute atomic E-state index is 12.9. The summed E-state index contributed by atoms with van der Waals surface area (Å²) in [6, 6.07) is 4.35. The first kappa shape index (κ1) is 16.4. The van der Waals surface area contributed by atoms with Gasteiger partial charge in [-0.15, -0.1) is 0 Å². The van der Waals surface area contributed by atoms with E-state index in [1.807, 2.05) is 0 Å². The Morgan fingerprint density at radius 3 is 1.95 bits per heavy atom. The van der Waals surface area contributed by atoms with Crippen molar-refractivity contribution in [2.24, 2.45) is 0 Å². The molecule has 0 saturated carbocycles. The lowest BCUT2D eigenvalue weighted by atomic mass is 10.0. The van der Waals surface area contributed by atoms with E-state index < -0.39 is 9.84 Å². The lowest BCUT2D eigenvalue weighted by Gasteiger charge is -2.16. The molecule has 0 aliphatic heterocycles. The van der Waals surface area contributed by atoms with E-state index in [4.69, 9.17) is 0 Å². The number of hydrogen-bond acceptors (Lipinski definition) is 4. The summed E-state index contributed by atoms with van der Waals surface area (Å²) in [6.45, 7) is 8.54. The molecule has 2 aromatic rings. The maximum atomic E-state index is 12.9. The fraction of sp³-hybridized carbons (Fsp3) is 0.294. The minimum atomic E-state index is -3.82. The van der Waals surface area contributed by atoms with Gasteiger partial charge in [0, 0.05) is 5.56 Å². The van der Waals surface area contributed by atoms with Crippen LogP contribution in [0.25, 0.3) is 0 Å². The molecule has 0 aromatic heterocycles. The minimum Gasteiger partial charge on any atom is -0.508 e. The number of aromatic hydroxyl groups is 2. The van der Waals surface area contributed by atoms with Crippen LogP contribution in [0, 0.1) is 34.6 Å². The number of rotatable bonds is 2. The van der Waals surface area contributed by atoms with Crippen LogP contribution in [0.4, 0.5) is 0 Å². The van der Waals surface area contributed by atoms with Crippen molar-refractivity contribution in [2.75, 3.05) is 0 Å². The number of sulfone groups is 1. The van der Waals surface area contributed by atoms with E-state index in [2.05, 4.69) is 0 Å². The Morgan fingerprint density at radius 2 is 1.36 bits per heavy atom. The van der Waals surface area contributed by atoms with Gasteiger partial charge in [-0.3, -0.25) is 0 Å². The Hall–Kier alpha value is -2.01. The number of phenols is 2. The molecule has 2 N–H and O–H groups in total. The second-order valence-corrected chi connectivity index (χ2v) is 7.51. The molecule has 0 aliphatic rings. The van der Waals surface area contributed by atoms with E-state index >= 15 is 0 Å². The fourth-order valence-corrected chi connectivity index (χ4v) is 4.31. The van der Waals surface area contributed by atoms with Crippen LogP contribution in [0.3, 0.4) is 0 Å². The summed E-state index contributed by atoms with van der Waals surface area (Å²) in [7, 11) is -3.82. The summed E-state index contributed by atoms with van der Waals surface area (Å²) in [4.78, 5) is 0.126. The van der Waals surface area contributed by atoms with E-state index in [-0.39, 0.29) is 21.3 Å². The third-order valence-electron chi connectivity index (χ3n) is 4.31. The molecule has 0 amide bonds. The van der Waals surface area contributed by atoms with Crippen LogP contribution < -0.4 is 0 Å². The highest BCUT2D eigenvalue weighted by molar-refractivity contribution is 7.91. The molecule has 0 heterocycles. The predicted octanol–water partition coefficient (Wildman–Crippen LogP) is 3.47. The first-order valence-corrected chi connectivity index (χ1v) is 8.41. The molecular formula is C17H20O4S. The molecule has 0 aliphatic carbocycles. The standard InChI is InChI=1S/C17H20O4S/c1-9-6-7-15(13(5)17(9)19)22(20,21)16-8-14(18)11(3)10(2)12(16)4/h6-8,18-19H,1-5H3. The zero-order chi connectivity index (χ0) is 16.8. The van der Waals surface area contributed by atoms with E-state index in [0.717, 1.165) is 5.56 Å². The number of phenolic OH excluding ortho intramolecular Hbond substituents is 2. The third-order valence-corrected chi connectivity index (χ3v) is 6.33. The van der Waals surface area contributed by atoms with E-state index in [1.165, 1.54) is 12.1 Å². The van der Waals surface area contributed by atoms with Crippen LogP contribution in [-0.2, 0) is 9.84 Å². The minimum absolute atomic E-state index is 0.0215. The van der Waals surface area contributed by atoms with Gasteiger partial charge in [0.25, 0.3) is 0 Å². The van der Waals surface area contributed by atoms with Gasteiger partial charge in [0.05, 0.1) is 9.79 Å². The Bertz CT molecular complexity index is 865. The van der Waals surface area contributed by atoms with Crippen LogP contribution in [0.2, 0.25) is 0 Å². The monoisotopic (exact) mass is 320 g/mol. The molecule has 22 heavy (non-hydrogen) atoms. The molecule has 2 aromatic carbocycles. The molecule has 5 heteroatoms. The van der Waals surface area contributed by atoms with Crippen molar-refractivity contribution in [2.45, 2.75) is 44.4 Å².